The topological polar surface area (TPSA) is 135 Å². The number of hydrogen-bond acceptors (Lipinski definition) is 8. The number of rotatable bonds is 10. The summed E-state index contributed by atoms with van der Waals surface area (Å²) in [6.07, 6.45) is -3.54. The van der Waals surface area contributed by atoms with E-state index in [-0.39, 0.29) is 31.5 Å². The molecule has 0 spiro atoms. The molecule has 0 bridgehead atoms. The molecule has 0 unspecified atom stereocenters. The lowest BCUT2D eigenvalue weighted by atomic mass is 9.97. The van der Waals surface area contributed by atoms with Gasteiger partial charge in [-0.05, 0) is 35.1 Å². The third kappa shape index (κ3) is 5.77. The first-order valence-corrected chi connectivity index (χ1v) is 12.3. The van der Waals surface area contributed by atoms with Crippen molar-refractivity contribution in [3.05, 3.63) is 59.7 Å². The molecule has 4 N–H and O–H groups in total. The van der Waals surface area contributed by atoms with E-state index in [2.05, 4.69) is 29.6 Å². The van der Waals surface area contributed by atoms with Gasteiger partial charge in [-0.2, -0.15) is 0 Å². The standard InChI is InChI=1S/C27H33NO8/c1-16(30)28-24-26(33)25(32)22(14-29)36-27(24)34-13-7-6-12-23(31)35-15-21-19-10-4-2-8-17(19)18-9-3-5-11-20(18)21/h2-5,8-11,21-22,24-27,29,32-33H,6-7,12-15H2,1H3,(H,28,30)/t22-,24-,25+,26-,27-/m1/s1. The monoisotopic (exact) mass is 499 g/mol. The van der Waals surface area contributed by atoms with Crippen molar-refractivity contribution >= 4 is 11.9 Å². The lowest BCUT2D eigenvalue weighted by Crippen LogP contribution is -2.64. The largest absolute Gasteiger partial charge is 0.465 e. The van der Waals surface area contributed by atoms with Gasteiger partial charge in [0, 0.05) is 25.9 Å². The van der Waals surface area contributed by atoms with Gasteiger partial charge in [0.15, 0.2) is 6.29 Å². The van der Waals surface area contributed by atoms with Crippen molar-refractivity contribution in [3.8, 4) is 11.1 Å². The molecule has 1 amide bonds. The first kappa shape index (κ1) is 26.2. The number of benzene rings is 2. The van der Waals surface area contributed by atoms with Crippen molar-refractivity contribution in [1.29, 1.82) is 0 Å². The van der Waals surface area contributed by atoms with E-state index in [1.807, 2.05) is 24.3 Å². The minimum Gasteiger partial charge on any atom is -0.465 e. The summed E-state index contributed by atoms with van der Waals surface area (Å²) in [6.45, 7) is 1.24. The summed E-state index contributed by atoms with van der Waals surface area (Å²) in [5.74, 6) is -0.693. The quantitative estimate of drug-likeness (QED) is 0.285. The number of hydrogen-bond donors (Lipinski definition) is 4. The number of carbonyl (C=O) groups excluding carboxylic acids is 2. The molecule has 1 aliphatic heterocycles. The molecule has 2 aliphatic rings. The predicted molar refractivity (Wildman–Crippen MR) is 130 cm³/mol. The molecule has 2 aromatic carbocycles. The number of unbranched alkanes of at least 4 members (excludes halogenated alkanes) is 1. The minimum absolute atomic E-state index is 0.0140. The lowest BCUT2D eigenvalue weighted by Gasteiger charge is -2.42. The van der Waals surface area contributed by atoms with E-state index in [1.54, 1.807) is 0 Å². The fourth-order valence-corrected chi connectivity index (χ4v) is 4.87. The Kier molecular flexibility index (Phi) is 8.71. The summed E-state index contributed by atoms with van der Waals surface area (Å²) in [5, 5.41) is 32.3. The second kappa shape index (κ2) is 11.9. The Hall–Kier alpha value is -2.82. The normalized spacial score (nSPS) is 25.2. The van der Waals surface area contributed by atoms with Crippen LogP contribution in [0.25, 0.3) is 11.1 Å². The maximum absolute atomic E-state index is 12.4. The van der Waals surface area contributed by atoms with Crippen LogP contribution in [0.2, 0.25) is 0 Å². The Morgan fingerprint density at radius 3 is 2.22 bits per heavy atom. The summed E-state index contributed by atoms with van der Waals surface area (Å²) in [4.78, 5) is 23.9. The van der Waals surface area contributed by atoms with Gasteiger partial charge in [-0.15, -0.1) is 0 Å². The Labute approximate surface area is 210 Å². The second-order valence-corrected chi connectivity index (χ2v) is 9.17. The SMILES string of the molecule is CC(=O)N[C@H]1[C@H](OCCCCC(=O)OCC2c3ccccc3-c3ccccc32)O[C@H](CO)[C@H](O)[C@@H]1O. The summed E-state index contributed by atoms with van der Waals surface area (Å²) >= 11 is 0. The number of esters is 1. The molecule has 0 radical (unpaired) electrons. The fourth-order valence-electron chi connectivity index (χ4n) is 4.87. The first-order chi connectivity index (χ1) is 17.4. The summed E-state index contributed by atoms with van der Waals surface area (Å²) in [6, 6.07) is 15.3. The van der Waals surface area contributed by atoms with Gasteiger partial charge >= 0.3 is 5.97 Å². The maximum atomic E-state index is 12.4. The third-order valence-electron chi connectivity index (χ3n) is 6.68. The Balaban J connectivity index is 1.22. The molecule has 1 fully saturated rings. The summed E-state index contributed by atoms with van der Waals surface area (Å²) in [7, 11) is 0. The van der Waals surface area contributed by atoms with E-state index in [0.717, 1.165) is 11.1 Å². The predicted octanol–water partition coefficient (Wildman–Crippen LogP) is 1.47. The van der Waals surface area contributed by atoms with Gasteiger partial charge in [0.25, 0.3) is 0 Å². The number of amides is 1. The van der Waals surface area contributed by atoms with Crippen LogP contribution in [0.15, 0.2) is 48.5 Å². The molecule has 1 saturated heterocycles. The van der Waals surface area contributed by atoms with Gasteiger partial charge in [0.2, 0.25) is 5.91 Å². The summed E-state index contributed by atoms with van der Waals surface area (Å²) in [5.41, 5.74) is 4.67. The highest BCUT2D eigenvalue weighted by molar-refractivity contribution is 5.79. The van der Waals surface area contributed by atoms with Crippen molar-refractivity contribution in [2.24, 2.45) is 0 Å². The van der Waals surface area contributed by atoms with Crippen LogP contribution in [0.5, 0.6) is 0 Å². The molecule has 0 aromatic heterocycles. The zero-order valence-corrected chi connectivity index (χ0v) is 20.2. The van der Waals surface area contributed by atoms with Crippen molar-refractivity contribution < 1.29 is 39.1 Å². The molecular formula is C27H33NO8. The van der Waals surface area contributed by atoms with Crippen LogP contribution in [0.3, 0.4) is 0 Å². The van der Waals surface area contributed by atoms with Gasteiger partial charge in [0.1, 0.15) is 31.0 Å². The highest BCUT2D eigenvalue weighted by Crippen LogP contribution is 2.44. The number of aliphatic hydroxyl groups is 3. The lowest BCUT2D eigenvalue weighted by molar-refractivity contribution is -0.270. The van der Waals surface area contributed by atoms with Gasteiger partial charge < -0.3 is 34.8 Å². The van der Waals surface area contributed by atoms with Crippen LogP contribution in [-0.4, -0.2) is 77.7 Å². The van der Waals surface area contributed by atoms with Gasteiger partial charge in [0.05, 0.1) is 6.61 Å². The van der Waals surface area contributed by atoms with Gasteiger partial charge in [-0.3, -0.25) is 9.59 Å². The molecule has 4 rings (SSSR count). The highest BCUT2D eigenvalue weighted by Gasteiger charge is 2.45. The zero-order valence-electron chi connectivity index (χ0n) is 20.2. The van der Waals surface area contributed by atoms with E-state index < -0.39 is 43.2 Å². The average Bonchev–Trinajstić information content (AvgIpc) is 3.20. The average molecular weight is 500 g/mol. The second-order valence-electron chi connectivity index (χ2n) is 9.17. The van der Waals surface area contributed by atoms with E-state index in [9.17, 15) is 24.9 Å². The molecular weight excluding hydrogens is 466 g/mol. The maximum Gasteiger partial charge on any atom is 0.305 e. The van der Waals surface area contributed by atoms with E-state index in [0.29, 0.717) is 12.8 Å². The Bertz CT molecular complexity index is 1010. The number of fused-ring (bicyclic) bond motifs is 3. The Morgan fingerprint density at radius 2 is 1.61 bits per heavy atom. The first-order valence-electron chi connectivity index (χ1n) is 12.3. The van der Waals surface area contributed by atoms with Crippen LogP contribution in [0.1, 0.15) is 43.2 Å². The van der Waals surface area contributed by atoms with Crippen LogP contribution < -0.4 is 5.32 Å². The molecule has 9 nitrogen and oxygen atoms in total. The molecule has 1 heterocycles. The fraction of sp³-hybridized carbons (Fsp3) is 0.481. The minimum atomic E-state index is -1.36. The van der Waals surface area contributed by atoms with Crippen molar-refractivity contribution in [2.45, 2.75) is 62.7 Å². The smallest absolute Gasteiger partial charge is 0.305 e. The van der Waals surface area contributed by atoms with E-state index >= 15 is 0 Å². The molecule has 36 heavy (non-hydrogen) atoms. The zero-order chi connectivity index (χ0) is 25.7. The van der Waals surface area contributed by atoms with Crippen LogP contribution in [0.4, 0.5) is 0 Å². The highest BCUT2D eigenvalue weighted by atomic mass is 16.7. The van der Waals surface area contributed by atoms with Crippen molar-refractivity contribution in [2.75, 3.05) is 19.8 Å². The molecule has 194 valence electrons. The van der Waals surface area contributed by atoms with Crippen LogP contribution >= 0.6 is 0 Å². The number of nitrogens with one attached hydrogen (secondary N) is 1. The molecule has 9 heteroatoms. The number of aliphatic hydroxyl groups excluding tert-OH is 3. The van der Waals surface area contributed by atoms with E-state index in [1.165, 1.54) is 18.1 Å². The van der Waals surface area contributed by atoms with Crippen molar-refractivity contribution in [3.63, 3.8) is 0 Å². The van der Waals surface area contributed by atoms with Crippen molar-refractivity contribution in [1.82, 2.24) is 5.32 Å². The molecule has 2 aromatic rings. The van der Waals surface area contributed by atoms with Gasteiger partial charge in [-0.1, -0.05) is 48.5 Å². The molecule has 5 atom stereocenters. The van der Waals surface area contributed by atoms with Crippen LogP contribution in [-0.2, 0) is 23.8 Å². The third-order valence-corrected chi connectivity index (χ3v) is 6.68. The molecule has 1 aliphatic carbocycles. The number of carbonyl (C=O) groups is 2. The summed E-state index contributed by atoms with van der Waals surface area (Å²) < 4.78 is 16.8. The van der Waals surface area contributed by atoms with Gasteiger partial charge in [-0.25, -0.2) is 0 Å². The van der Waals surface area contributed by atoms with Crippen LogP contribution in [0, 0.1) is 0 Å². The number of ether oxygens (including phenoxy) is 3. The Morgan fingerprint density at radius 1 is 0.972 bits per heavy atom. The molecule has 0 saturated carbocycles. The van der Waals surface area contributed by atoms with E-state index in [4.69, 9.17) is 14.2 Å².